The molecule has 0 atom stereocenters. The molecule has 0 spiro atoms. The van der Waals surface area contributed by atoms with Crippen LogP contribution < -0.4 is 15.5 Å². The molecule has 0 unspecified atom stereocenters. The number of para-hydroxylation sites is 1. The minimum absolute atomic E-state index is 0.0515. The minimum atomic E-state index is -1.16. The van der Waals surface area contributed by atoms with E-state index in [0.29, 0.717) is 38.7 Å². The van der Waals surface area contributed by atoms with Gasteiger partial charge < -0.3 is 15.7 Å². The van der Waals surface area contributed by atoms with Crippen LogP contribution in [0.3, 0.4) is 0 Å². The van der Waals surface area contributed by atoms with E-state index in [9.17, 15) is 9.90 Å². The lowest BCUT2D eigenvalue weighted by Crippen LogP contribution is -2.42. The Morgan fingerprint density at radius 3 is 2.83 bits per heavy atom. The molecule has 2 aromatic carbocycles. The highest BCUT2D eigenvalue weighted by atomic mass is 35.5. The van der Waals surface area contributed by atoms with E-state index >= 15 is 0 Å². The second kappa shape index (κ2) is 8.78. The van der Waals surface area contributed by atoms with Gasteiger partial charge in [-0.15, -0.1) is 0 Å². The second-order valence-electron chi connectivity index (χ2n) is 9.91. The molecule has 0 saturated carbocycles. The average Bonchev–Trinajstić information content (AvgIpc) is 2.79. The van der Waals surface area contributed by atoms with E-state index in [-0.39, 0.29) is 11.4 Å². The van der Waals surface area contributed by atoms with E-state index in [1.807, 2.05) is 6.07 Å². The fourth-order valence-electron chi connectivity index (χ4n) is 4.68. The molecule has 0 bridgehead atoms. The first-order chi connectivity index (χ1) is 16.5. The summed E-state index contributed by atoms with van der Waals surface area (Å²) in [6, 6.07) is 11.6. The predicted molar refractivity (Wildman–Crippen MR) is 141 cm³/mol. The topological polar surface area (TPSA) is 90.4 Å². The molecule has 0 fully saturated rings. The van der Waals surface area contributed by atoms with Crippen LogP contribution in [-0.2, 0) is 17.6 Å². The monoisotopic (exact) mass is 509 g/mol. The summed E-state index contributed by atoms with van der Waals surface area (Å²) in [6.07, 6.45) is 2.52. The fraction of sp³-hybridized carbons (Fsp3) is 0.346. The highest BCUT2D eigenvalue weighted by Crippen LogP contribution is 2.41. The van der Waals surface area contributed by atoms with Gasteiger partial charge in [-0.25, -0.2) is 9.97 Å². The zero-order valence-electron chi connectivity index (χ0n) is 20.1. The lowest BCUT2D eigenvalue weighted by molar-refractivity contribution is 0.0788. The van der Waals surface area contributed by atoms with Gasteiger partial charge in [0.15, 0.2) is 0 Å². The number of benzene rings is 2. The first-order valence-corrected chi connectivity index (χ1v) is 12.9. The van der Waals surface area contributed by atoms with Gasteiger partial charge >= 0.3 is 0 Å². The molecule has 5 rings (SSSR count). The summed E-state index contributed by atoms with van der Waals surface area (Å²) in [5.41, 5.74) is 3.82. The number of amides is 1. The van der Waals surface area contributed by atoms with Crippen LogP contribution in [0.25, 0.3) is 0 Å². The average molecular weight is 510 g/mol. The molecular formula is C26H28ClN5O2S. The maximum absolute atomic E-state index is 13.4. The number of nitrogens with one attached hydrogen (secondary N) is 2. The Morgan fingerprint density at radius 2 is 2.06 bits per heavy atom. The summed E-state index contributed by atoms with van der Waals surface area (Å²) < 4.78 is 0. The molecule has 1 amide bonds. The molecule has 3 aromatic rings. The Balaban J connectivity index is 1.41. The largest absolute Gasteiger partial charge is 0.386 e. The summed E-state index contributed by atoms with van der Waals surface area (Å²) in [6.45, 7) is 8.67. The van der Waals surface area contributed by atoms with Crippen molar-refractivity contribution in [1.29, 1.82) is 0 Å². The highest BCUT2D eigenvalue weighted by molar-refractivity contribution is 7.99. The Bertz CT molecular complexity index is 1320. The van der Waals surface area contributed by atoms with Crippen LogP contribution in [0.4, 0.5) is 17.3 Å². The van der Waals surface area contributed by atoms with Crippen molar-refractivity contribution in [3.63, 3.8) is 0 Å². The number of nitrogens with zero attached hydrogens (tertiary/aromatic N) is 3. The molecule has 7 nitrogen and oxygen atoms in total. The van der Waals surface area contributed by atoms with Crippen LogP contribution in [0.2, 0.25) is 5.02 Å². The van der Waals surface area contributed by atoms with E-state index in [1.54, 1.807) is 43.1 Å². The van der Waals surface area contributed by atoms with Crippen molar-refractivity contribution in [2.45, 2.75) is 50.3 Å². The normalized spacial score (nSPS) is 17.1. The standard InChI is InChI=1S/C26H28ClN5O2S/c1-25(2)18-9-8-16(12-15(18)10-11-29-25)30-24-28-13-17-22(31-24)35-14-32(23(17)33)21-19(26(3,4)34)6-5-7-20(21)27/h5-9,12-13,29,34H,10-11,14H2,1-4H3,(H,28,30,31). The van der Waals surface area contributed by atoms with E-state index < -0.39 is 5.60 Å². The third kappa shape index (κ3) is 4.51. The molecule has 0 aliphatic carbocycles. The molecule has 0 radical (unpaired) electrons. The first-order valence-electron chi connectivity index (χ1n) is 11.5. The summed E-state index contributed by atoms with van der Waals surface area (Å²) >= 11 is 7.92. The molecule has 9 heteroatoms. The van der Waals surface area contributed by atoms with E-state index in [0.717, 1.165) is 18.7 Å². The van der Waals surface area contributed by atoms with Gasteiger partial charge in [-0.3, -0.25) is 9.69 Å². The number of thioether (sulfide) groups is 1. The second-order valence-corrected chi connectivity index (χ2v) is 11.3. The van der Waals surface area contributed by atoms with E-state index in [1.165, 1.54) is 22.9 Å². The van der Waals surface area contributed by atoms with E-state index in [2.05, 4.69) is 46.6 Å². The third-order valence-electron chi connectivity index (χ3n) is 6.47. The molecule has 182 valence electrons. The quantitative estimate of drug-likeness (QED) is 0.417. The van der Waals surface area contributed by atoms with Crippen LogP contribution >= 0.6 is 23.4 Å². The van der Waals surface area contributed by atoms with Crippen LogP contribution in [0.15, 0.2) is 47.6 Å². The number of halogens is 1. The van der Waals surface area contributed by atoms with Gasteiger partial charge in [0.1, 0.15) is 5.03 Å². The van der Waals surface area contributed by atoms with Crippen molar-refractivity contribution in [2.24, 2.45) is 0 Å². The Labute approximate surface area is 214 Å². The van der Waals surface area contributed by atoms with Crippen LogP contribution in [0, 0.1) is 0 Å². The van der Waals surface area contributed by atoms with Crippen molar-refractivity contribution in [2.75, 3.05) is 22.6 Å². The molecule has 3 N–H and O–H groups in total. The van der Waals surface area contributed by atoms with Gasteiger partial charge in [-0.1, -0.05) is 41.6 Å². The fourth-order valence-corrected chi connectivity index (χ4v) is 5.91. The molecule has 2 aliphatic heterocycles. The molecule has 0 saturated heterocycles. The zero-order valence-corrected chi connectivity index (χ0v) is 21.7. The molecule has 1 aromatic heterocycles. The van der Waals surface area contributed by atoms with Crippen molar-refractivity contribution >= 4 is 46.6 Å². The zero-order chi connectivity index (χ0) is 25.0. The lowest BCUT2D eigenvalue weighted by atomic mass is 9.85. The van der Waals surface area contributed by atoms with Crippen LogP contribution in [0.5, 0.6) is 0 Å². The Hall–Kier alpha value is -2.65. The summed E-state index contributed by atoms with van der Waals surface area (Å²) in [7, 11) is 0. The minimum Gasteiger partial charge on any atom is -0.386 e. The number of carbonyl (C=O) groups is 1. The number of carbonyl (C=O) groups excluding carboxylic acids is 1. The SMILES string of the molecule is CC(C)(O)c1cccc(Cl)c1N1CSc2nc(Nc3ccc4c(c3)CCNC4(C)C)ncc2C1=O. The number of anilines is 3. The van der Waals surface area contributed by atoms with Crippen molar-refractivity contribution < 1.29 is 9.90 Å². The maximum Gasteiger partial charge on any atom is 0.263 e. The number of hydrogen-bond acceptors (Lipinski definition) is 7. The number of hydrogen-bond donors (Lipinski definition) is 3. The number of rotatable bonds is 4. The van der Waals surface area contributed by atoms with Crippen LogP contribution in [0.1, 0.15) is 54.7 Å². The summed E-state index contributed by atoms with van der Waals surface area (Å²) in [5.74, 6) is 0.531. The van der Waals surface area contributed by atoms with Gasteiger partial charge in [-0.05, 0) is 70.0 Å². The number of aromatic nitrogens is 2. The van der Waals surface area contributed by atoms with Gasteiger partial charge in [0.25, 0.3) is 5.91 Å². The molecular weight excluding hydrogens is 482 g/mol. The molecule has 3 heterocycles. The van der Waals surface area contributed by atoms with E-state index in [4.69, 9.17) is 11.6 Å². The number of aliphatic hydroxyl groups is 1. The lowest BCUT2D eigenvalue weighted by Gasteiger charge is -2.34. The van der Waals surface area contributed by atoms with Gasteiger partial charge in [0, 0.05) is 23.0 Å². The van der Waals surface area contributed by atoms with Crippen molar-refractivity contribution in [3.05, 3.63) is 69.9 Å². The van der Waals surface area contributed by atoms with Gasteiger partial charge in [-0.2, -0.15) is 0 Å². The maximum atomic E-state index is 13.4. The summed E-state index contributed by atoms with van der Waals surface area (Å²) in [4.78, 5) is 24.0. The van der Waals surface area contributed by atoms with Gasteiger partial charge in [0.2, 0.25) is 5.95 Å². The Kier molecular flexibility index (Phi) is 6.04. The Morgan fingerprint density at radius 1 is 1.26 bits per heavy atom. The highest BCUT2D eigenvalue weighted by Gasteiger charge is 2.33. The number of fused-ring (bicyclic) bond motifs is 2. The predicted octanol–water partition coefficient (Wildman–Crippen LogP) is 5.19. The van der Waals surface area contributed by atoms with Crippen LogP contribution in [-0.4, -0.2) is 33.4 Å². The molecule has 2 aliphatic rings. The summed E-state index contributed by atoms with van der Waals surface area (Å²) in [5, 5.41) is 18.5. The van der Waals surface area contributed by atoms with Crippen molar-refractivity contribution in [3.8, 4) is 0 Å². The van der Waals surface area contributed by atoms with Crippen molar-refractivity contribution in [1.82, 2.24) is 15.3 Å². The van der Waals surface area contributed by atoms with Gasteiger partial charge in [0.05, 0.1) is 27.8 Å². The third-order valence-corrected chi connectivity index (χ3v) is 7.75. The molecule has 35 heavy (non-hydrogen) atoms. The smallest absolute Gasteiger partial charge is 0.263 e. The first kappa shape index (κ1) is 24.1.